The van der Waals surface area contributed by atoms with Gasteiger partial charge in [-0.2, -0.15) is 0 Å². The molecule has 0 unspecified atom stereocenters. The van der Waals surface area contributed by atoms with Gasteiger partial charge in [-0.1, -0.05) is 6.58 Å². The summed E-state index contributed by atoms with van der Waals surface area (Å²) in [7, 11) is 0. The summed E-state index contributed by atoms with van der Waals surface area (Å²) < 4.78 is 14.5. The van der Waals surface area contributed by atoms with Crippen molar-refractivity contribution in [2.24, 2.45) is 5.41 Å². The Morgan fingerprint density at radius 2 is 1.50 bits per heavy atom. The fourth-order valence-corrected chi connectivity index (χ4v) is 2.26. The lowest BCUT2D eigenvalue weighted by atomic mass is 9.73. The summed E-state index contributed by atoms with van der Waals surface area (Å²) in [5.41, 5.74) is -1.59. The van der Waals surface area contributed by atoms with Gasteiger partial charge in [-0.3, -0.25) is 19.2 Å². The van der Waals surface area contributed by atoms with Crippen LogP contribution in [0.15, 0.2) is 12.7 Å². The zero-order valence-corrected chi connectivity index (χ0v) is 15.5. The van der Waals surface area contributed by atoms with E-state index in [1.54, 1.807) is 6.92 Å². The minimum atomic E-state index is -1.59. The van der Waals surface area contributed by atoms with Gasteiger partial charge in [0.25, 0.3) is 0 Å². The number of hydrogen-bond acceptors (Lipinski definition) is 8. The van der Waals surface area contributed by atoms with Gasteiger partial charge in [0.2, 0.25) is 0 Å². The zero-order chi connectivity index (χ0) is 20.2. The molecule has 26 heavy (non-hydrogen) atoms. The van der Waals surface area contributed by atoms with Crippen molar-refractivity contribution in [3.8, 4) is 0 Å². The van der Waals surface area contributed by atoms with E-state index < -0.39 is 41.3 Å². The van der Waals surface area contributed by atoms with Crippen molar-refractivity contribution in [1.29, 1.82) is 0 Å². The number of carbonyl (C=O) groups is 5. The van der Waals surface area contributed by atoms with Crippen molar-refractivity contribution in [3.05, 3.63) is 12.7 Å². The van der Waals surface area contributed by atoms with Crippen molar-refractivity contribution >= 4 is 29.5 Å². The lowest BCUT2D eigenvalue weighted by molar-refractivity contribution is -0.155. The molecule has 0 rings (SSSR count). The van der Waals surface area contributed by atoms with E-state index >= 15 is 0 Å². The van der Waals surface area contributed by atoms with Crippen LogP contribution in [0, 0.1) is 5.41 Å². The molecule has 0 N–H and O–H groups in total. The van der Waals surface area contributed by atoms with E-state index in [0.29, 0.717) is 6.42 Å². The molecular weight excluding hydrogens is 344 g/mol. The lowest BCUT2D eigenvalue weighted by Gasteiger charge is -2.27. The van der Waals surface area contributed by atoms with Crippen LogP contribution in [0.4, 0.5) is 0 Å². The van der Waals surface area contributed by atoms with Gasteiger partial charge in [-0.15, -0.1) is 0 Å². The summed E-state index contributed by atoms with van der Waals surface area (Å²) in [5, 5.41) is 0. The summed E-state index contributed by atoms with van der Waals surface area (Å²) >= 11 is 0. The molecule has 0 bridgehead atoms. The smallest absolute Gasteiger partial charge is 0.330 e. The highest BCUT2D eigenvalue weighted by molar-refractivity contribution is 6.07. The molecule has 0 heterocycles. The highest BCUT2D eigenvalue weighted by Crippen LogP contribution is 2.31. The Bertz CT molecular complexity index is 535. The molecule has 0 atom stereocenters. The Hall–Kier alpha value is -2.51. The van der Waals surface area contributed by atoms with E-state index in [1.807, 2.05) is 0 Å². The second-order valence-corrected chi connectivity index (χ2v) is 5.62. The Morgan fingerprint density at radius 3 is 2.00 bits per heavy atom. The summed E-state index contributed by atoms with van der Waals surface area (Å²) in [4.78, 5) is 58.4. The number of Topliss-reactive ketones (excluding diaryl/α,β-unsaturated/α-hetero) is 2. The highest BCUT2D eigenvalue weighted by atomic mass is 16.5. The van der Waals surface area contributed by atoms with Gasteiger partial charge in [-0.25, -0.2) is 4.79 Å². The first-order chi connectivity index (χ1) is 12.2. The van der Waals surface area contributed by atoms with E-state index in [1.165, 1.54) is 13.8 Å². The van der Waals surface area contributed by atoms with Crippen LogP contribution in [0.1, 0.15) is 46.5 Å². The second kappa shape index (κ2) is 11.9. The Morgan fingerprint density at radius 1 is 0.923 bits per heavy atom. The van der Waals surface area contributed by atoms with E-state index in [2.05, 4.69) is 6.58 Å². The average molecular weight is 370 g/mol. The molecule has 0 fully saturated rings. The molecule has 0 saturated carbocycles. The normalized spacial score (nSPS) is 10.6. The van der Waals surface area contributed by atoms with Crippen molar-refractivity contribution in [3.63, 3.8) is 0 Å². The van der Waals surface area contributed by atoms with Crippen LogP contribution < -0.4 is 0 Å². The maximum Gasteiger partial charge on any atom is 0.330 e. The topological polar surface area (TPSA) is 113 Å². The zero-order valence-electron chi connectivity index (χ0n) is 15.5. The molecule has 0 aromatic carbocycles. The first kappa shape index (κ1) is 23.5. The van der Waals surface area contributed by atoms with Crippen molar-refractivity contribution in [2.45, 2.75) is 46.5 Å². The number of rotatable bonds is 13. The number of ether oxygens (including phenoxy) is 3. The molecule has 0 amide bonds. The average Bonchev–Trinajstić information content (AvgIpc) is 2.57. The predicted octanol–water partition coefficient (Wildman–Crippen LogP) is 1.55. The molecule has 0 aromatic rings. The third-order valence-corrected chi connectivity index (χ3v) is 3.82. The summed E-state index contributed by atoms with van der Waals surface area (Å²) in [6.45, 7) is 7.51. The van der Waals surface area contributed by atoms with Gasteiger partial charge in [0, 0.05) is 18.9 Å². The summed E-state index contributed by atoms with van der Waals surface area (Å²) in [6.07, 6.45) is 0.583. The maximum absolute atomic E-state index is 12.0. The van der Waals surface area contributed by atoms with Crippen LogP contribution in [-0.2, 0) is 38.2 Å². The Balaban J connectivity index is 4.59. The van der Waals surface area contributed by atoms with Gasteiger partial charge >= 0.3 is 17.9 Å². The van der Waals surface area contributed by atoms with Crippen LogP contribution in [0.3, 0.4) is 0 Å². The monoisotopic (exact) mass is 370 g/mol. The van der Waals surface area contributed by atoms with E-state index in [-0.39, 0.29) is 32.7 Å². The van der Waals surface area contributed by atoms with Gasteiger partial charge in [0.05, 0.1) is 31.7 Å². The quantitative estimate of drug-likeness (QED) is 0.158. The third-order valence-electron chi connectivity index (χ3n) is 3.82. The number of hydrogen-bond donors (Lipinski definition) is 0. The molecule has 0 aromatic heterocycles. The Kier molecular flexibility index (Phi) is 10.8. The predicted molar refractivity (Wildman–Crippen MR) is 91.0 cm³/mol. The summed E-state index contributed by atoms with van der Waals surface area (Å²) in [6, 6.07) is 0. The van der Waals surface area contributed by atoms with Crippen LogP contribution in [0.2, 0.25) is 0 Å². The molecule has 0 aliphatic carbocycles. The molecule has 0 saturated heterocycles. The van der Waals surface area contributed by atoms with E-state index in [0.717, 1.165) is 6.08 Å². The number of esters is 3. The van der Waals surface area contributed by atoms with Crippen LogP contribution in [0.25, 0.3) is 0 Å². The largest absolute Gasteiger partial charge is 0.466 e. The minimum absolute atomic E-state index is 0.0221. The fraction of sp³-hybridized carbons (Fsp3) is 0.611. The van der Waals surface area contributed by atoms with Gasteiger partial charge < -0.3 is 14.2 Å². The van der Waals surface area contributed by atoms with E-state index in [4.69, 9.17) is 14.2 Å². The molecule has 146 valence electrons. The fourth-order valence-electron chi connectivity index (χ4n) is 2.26. The minimum Gasteiger partial charge on any atom is -0.466 e. The molecular formula is C18H26O8. The number of carbonyl (C=O) groups excluding carboxylic acids is 5. The van der Waals surface area contributed by atoms with Crippen molar-refractivity contribution < 1.29 is 38.2 Å². The van der Waals surface area contributed by atoms with Crippen LogP contribution in [-0.4, -0.2) is 49.3 Å². The third kappa shape index (κ3) is 8.04. The lowest BCUT2D eigenvalue weighted by Crippen LogP contribution is -2.39. The summed E-state index contributed by atoms with van der Waals surface area (Å²) in [5.74, 6) is -2.85. The van der Waals surface area contributed by atoms with Gasteiger partial charge in [0.15, 0.2) is 0 Å². The van der Waals surface area contributed by atoms with Crippen LogP contribution in [0.5, 0.6) is 0 Å². The SMILES string of the molecule is C=CC(=O)OCCCOC(=O)CCC(CC(=O)OCC)(C(C)=O)C(C)=O. The second-order valence-electron chi connectivity index (χ2n) is 5.62. The van der Waals surface area contributed by atoms with E-state index in [9.17, 15) is 24.0 Å². The molecule has 0 aliphatic rings. The highest BCUT2D eigenvalue weighted by Gasteiger charge is 2.43. The molecule has 0 spiro atoms. The maximum atomic E-state index is 12.0. The molecule has 0 aliphatic heterocycles. The first-order valence-corrected chi connectivity index (χ1v) is 8.32. The molecule has 8 heteroatoms. The number of ketones is 2. The van der Waals surface area contributed by atoms with Crippen molar-refractivity contribution in [1.82, 2.24) is 0 Å². The van der Waals surface area contributed by atoms with Gasteiger partial charge in [0.1, 0.15) is 11.6 Å². The molecule has 0 radical (unpaired) electrons. The van der Waals surface area contributed by atoms with Crippen molar-refractivity contribution in [2.75, 3.05) is 19.8 Å². The standard InChI is InChI=1S/C18H26O8/c1-5-15(21)25-10-7-11-26-16(22)8-9-18(13(3)19,14(4)20)12-17(23)24-6-2/h5H,1,6-12H2,2-4H3. The first-order valence-electron chi connectivity index (χ1n) is 8.32. The Labute approximate surface area is 152 Å². The molecule has 8 nitrogen and oxygen atoms in total. The van der Waals surface area contributed by atoms with Crippen LogP contribution >= 0.6 is 0 Å². The van der Waals surface area contributed by atoms with Gasteiger partial charge in [-0.05, 0) is 27.2 Å².